The van der Waals surface area contributed by atoms with Gasteiger partial charge in [-0.1, -0.05) is 54.6 Å². The van der Waals surface area contributed by atoms with E-state index in [0.717, 1.165) is 17.5 Å². The van der Waals surface area contributed by atoms with Gasteiger partial charge in [-0.3, -0.25) is 4.90 Å². The number of hydrogen-bond donors (Lipinski definition) is 1. The van der Waals surface area contributed by atoms with Crippen LogP contribution in [0.3, 0.4) is 0 Å². The van der Waals surface area contributed by atoms with E-state index in [-0.39, 0.29) is 23.7 Å². The van der Waals surface area contributed by atoms with Crippen LogP contribution < -0.4 is 5.32 Å². The molecule has 1 saturated heterocycles. The largest absolute Gasteiger partial charge is 0.338 e. The van der Waals surface area contributed by atoms with E-state index in [9.17, 15) is 13.6 Å². The van der Waals surface area contributed by atoms with Gasteiger partial charge in [-0.05, 0) is 47.4 Å². The van der Waals surface area contributed by atoms with E-state index in [4.69, 9.17) is 0 Å². The first-order valence-electron chi connectivity index (χ1n) is 10.9. The average Bonchev–Trinajstić information content (AvgIpc) is 2.83. The second-order valence-corrected chi connectivity index (χ2v) is 8.00. The molecule has 0 saturated carbocycles. The van der Waals surface area contributed by atoms with Crippen molar-refractivity contribution < 1.29 is 13.6 Å². The van der Waals surface area contributed by atoms with Crippen LogP contribution in [-0.4, -0.2) is 48.6 Å². The van der Waals surface area contributed by atoms with Crippen molar-refractivity contribution in [2.24, 2.45) is 0 Å². The van der Waals surface area contributed by atoms with Gasteiger partial charge in [0.1, 0.15) is 11.6 Å². The van der Waals surface area contributed by atoms with Gasteiger partial charge in [0, 0.05) is 32.7 Å². The fourth-order valence-electron chi connectivity index (χ4n) is 4.16. The minimum Gasteiger partial charge on any atom is -0.338 e. The standard InChI is InChI=1S/C26H27F2N3O/c27-23-10-6-21(7-11-23)25(22-8-12-24(28)13-9-22)30-16-18-31(19-17-30)26(32)29-15-14-20-4-2-1-3-5-20/h1-13,25H,14-19H2,(H,29,32). The van der Waals surface area contributed by atoms with E-state index in [1.165, 1.54) is 29.8 Å². The van der Waals surface area contributed by atoms with Crippen LogP contribution in [-0.2, 0) is 6.42 Å². The summed E-state index contributed by atoms with van der Waals surface area (Å²) in [5.74, 6) is -0.577. The molecule has 0 unspecified atom stereocenters. The summed E-state index contributed by atoms with van der Waals surface area (Å²) in [6.07, 6.45) is 0.795. The molecular formula is C26H27F2N3O. The summed E-state index contributed by atoms with van der Waals surface area (Å²) in [6, 6.07) is 22.8. The first-order valence-corrected chi connectivity index (χ1v) is 10.9. The van der Waals surface area contributed by atoms with Crippen molar-refractivity contribution in [2.75, 3.05) is 32.7 Å². The van der Waals surface area contributed by atoms with Gasteiger partial charge < -0.3 is 10.2 Å². The van der Waals surface area contributed by atoms with Crippen LogP contribution in [0.2, 0.25) is 0 Å². The van der Waals surface area contributed by atoms with Crippen molar-refractivity contribution in [1.82, 2.24) is 15.1 Å². The number of nitrogens with one attached hydrogen (secondary N) is 1. The first-order chi connectivity index (χ1) is 15.6. The Bertz CT molecular complexity index is 956. The molecule has 4 rings (SSSR count). The highest BCUT2D eigenvalue weighted by Gasteiger charge is 2.28. The van der Waals surface area contributed by atoms with Gasteiger partial charge >= 0.3 is 6.03 Å². The van der Waals surface area contributed by atoms with Crippen molar-refractivity contribution in [1.29, 1.82) is 0 Å². The van der Waals surface area contributed by atoms with E-state index in [1.807, 2.05) is 23.1 Å². The molecule has 1 aliphatic heterocycles. The van der Waals surface area contributed by atoms with Gasteiger partial charge in [-0.15, -0.1) is 0 Å². The molecule has 4 nitrogen and oxygen atoms in total. The summed E-state index contributed by atoms with van der Waals surface area (Å²) in [7, 11) is 0. The van der Waals surface area contributed by atoms with Crippen molar-refractivity contribution in [3.63, 3.8) is 0 Å². The molecule has 0 aliphatic carbocycles. The Morgan fingerprint density at radius 1 is 0.781 bits per heavy atom. The fourth-order valence-corrected chi connectivity index (χ4v) is 4.16. The van der Waals surface area contributed by atoms with Gasteiger partial charge in [-0.2, -0.15) is 0 Å². The topological polar surface area (TPSA) is 35.6 Å². The number of piperazine rings is 1. The summed E-state index contributed by atoms with van der Waals surface area (Å²) < 4.78 is 27.0. The van der Waals surface area contributed by atoms with Gasteiger partial charge in [0.2, 0.25) is 0 Å². The number of hydrogen-bond acceptors (Lipinski definition) is 2. The molecule has 3 aromatic carbocycles. The Morgan fingerprint density at radius 3 is 1.84 bits per heavy atom. The van der Waals surface area contributed by atoms with Crippen molar-refractivity contribution in [3.05, 3.63) is 107 Å². The maximum absolute atomic E-state index is 13.5. The predicted octanol–water partition coefficient (Wildman–Crippen LogP) is 4.62. The van der Waals surface area contributed by atoms with E-state index in [2.05, 4.69) is 22.3 Å². The molecule has 1 fully saturated rings. The highest BCUT2D eigenvalue weighted by molar-refractivity contribution is 5.74. The number of urea groups is 1. The van der Waals surface area contributed by atoms with E-state index >= 15 is 0 Å². The van der Waals surface area contributed by atoms with Crippen LogP contribution in [0.1, 0.15) is 22.7 Å². The average molecular weight is 436 g/mol. The molecule has 6 heteroatoms. The monoisotopic (exact) mass is 435 g/mol. The maximum Gasteiger partial charge on any atom is 0.317 e. The van der Waals surface area contributed by atoms with Gasteiger partial charge in [0.05, 0.1) is 6.04 Å². The Morgan fingerprint density at radius 2 is 1.31 bits per heavy atom. The highest BCUT2D eigenvalue weighted by atomic mass is 19.1. The zero-order valence-corrected chi connectivity index (χ0v) is 17.9. The second-order valence-electron chi connectivity index (χ2n) is 8.00. The fraction of sp³-hybridized carbons (Fsp3) is 0.269. The van der Waals surface area contributed by atoms with E-state index in [0.29, 0.717) is 32.7 Å². The number of carbonyl (C=O) groups is 1. The number of carbonyl (C=O) groups excluding carboxylic acids is 1. The van der Waals surface area contributed by atoms with Gasteiger partial charge in [0.15, 0.2) is 0 Å². The molecule has 1 heterocycles. The summed E-state index contributed by atoms with van der Waals surface area (Å²) in [6.45, 7) is 3.13. The lowest BCUT2D eigenvalue weighted by molar-refractivity contribution is 0.120. The third-order valence-electron chi connectivity index (χ3n) is 5.87. The number of nitrogens with zero attached hydrogens (tertiary/aromatic N) is 2. The minimum absolute atomic E-state index is 0.0549. The van der Waals surface area contributed by atoms with Crippen LogP contribution >= 0.6 is 0 Å². The van der Waals surface area contributed by atoms with Gasteiger partial charge in [0.25, 0.3) is 0 Å². The first kappa shape index (κ1) is 22.0. The summed E-state index contributed by atoms with van der Waals surface area (Å²) >= 11 is 0. The lowest BCUT2D eigenvalue weighted by Gasteiger charge is -2.39. The molecule has 0 bridgehead atoms. The zero-order valence-electron chi connectivity index (χ0n) is 17.9. The summed E-state index contributed by atoms with van der Waals surface area (Å²) in [5.41, 5.74) is 3.08. The minimum atomic E-state index is -0.288. The Hall–Kier alpha value is -3.25. The quantitative estimate of drug-likeness (QED) is 0.613. The lowest BCUT2D eigenvalue weighted by Crippen LogP contribution is -2.52. The molecule has 2 amide bonds. The molecule has 0 aromatic heterocycles. The van der Waals surface area contributed by atoms with Crippen LogP contribution in [0.15, 0.2) is 78.9 Å². The zero-order chi connectivity index (χ0) is 22.3. The Kier molecular flexibility index (Phi) is 7.12. The van der Waals surface area contributed by atoms with Crippen LogP contribution in [0, 0.1) is 11.6 Å². The van der Waals surface area contributed by atoms with Gasteiger partial charge in [-0.25, -0.2) is 13.6 Å². The van der Waals surface area contributed by atoms with Crippen LogP contribution in [0.4, 0.5) is 13.6 Å². The molecule has 32 heavy (non-hydrogen) atoms. The van der Waals surface area contributed by atoms with E-state index < -0.39 is 0 Å². The smallest absolute Gasteiger partial charge is 0.317 e. The number of benzene rings is 3. The summed E-state index contributed by atoms with van der Waals surface area (Å²) in [4.78, 5) is 16.7. The molecule has 1 aliphatic rings. The number of amides is 2. The van der Waals surface area contributed by atoms with Crippen LogP contribution in [0.5, 0.6) is 0 Å². The molecule has 166 valence electrons. The SMILES string of the molecule is O=C(NCCc1ccccc1)N1CCN(C(c2ccc(F)cc2)c2ccc(F)cc2)CC1. The van der Waals surface area contributed by atoms with Crippen molar-refractivity contribution >= 4 is 6.03 Å². The maximum atomic E-state index is 13.5. The molecule has 0 spiro atoms. The molecular weight excluding hydrogens is 408 g/mol. The molecule has 0 radical (unpaired) electrons. The van der Waals surface area contributed by atoms with Crippen molar-refractivity contribution in [3.8, 4) is 0 Å². The molecule has 0 atom stereocenters. The molecule has 1 N–H and O–H groups in total. The third-order valence-corrected chi connectivity index (χ3v) is 5.87. The Balaban J connectivity index is 1.38. The third kappa shape index (κ3) is 5.51. The lowest BCUT2D eigenvalue weighted by atomic mass is 9.96. The normalized spacial score (nSPS) is 14.5. The van der Waals surface area contributed by atoms with E-state index in [1.54, 1.807) is 24.3 Å². The van der Waals surface area contributed by atoms with Crippen molar-refractivity contribution in [2.45, 2.75) is 12.5 Å². The predicted molar refractivity (Wildman–Crippen MR) is 121 cm³/mol. The highest BCUT2D eigenvalue weighted by Crippen LogP contribution is 2.30. The van der Waals surface area contributed by atoms with Crippen LogP contribution in [0.25, 0.3) is 0 Å². The number of rotatable bonds is 6. The summed E-state index contributed by atoms with van der Waals surface area (Å²) in [5, 5.41) is 3.01. The Labute approximate surface area is 187 Å². The number of halogens is 2. The second kappa shape index (κ2) is 10.4. The molecule has 3 aromatic rings.